The first-order valence-electron chi connectivity index (χ1n) is 5.00. The molecule has 0 rings (SSSR count). The highest BCUT2D eigenvalue weighted by Gasteiger charge is 2.09. The zero-order valence-electron chi connectivity index (χ0n) is 9.41. The summed E-state index contributed by atoms with van der Waals surface area (Å²) in [6.45, 7) is 6.18. The molecule has 0 amide bonds. The number of thiocarbonyl (C=S) groups is 1. The molecule has 0 aromatic rings. The average Bonchev–Trinajstić information content (AvgIpc) is 2.14. The molecule has 0 fully saturated rings. The number of unbranched alkanes of at least 4 members (excludes halogenated alkanes) is 1. The largest absolute Gasteiger partial charge is 0.476 e. The number of hydrogen-bond acceptors (Lipinski definition) is 4. The Bertz CT molecular complexity index is 162. The SMILES string of the molecule is CCCCC(C)OC(=S)SC(C)OC. The maximum absolute atomic E-state index is 5.54. The van der Waals surface area contributed by atoms with E-state index < -0.39 is 0 Å². The highest BCUT2D eigenvalue weighted by Crippen LogP contribution is 2.17. The molecule has 2 unspecified atom stereocenters. The Morgan fingerprint density at radius 3 is 2.57 bits per heavy atom. The van der Waals surface area contributed by atoms with Crippen LogP contribution >= 0.6 is 24.0 Å². The Kier molecular flexibility index (Phi) is 8.63. The van der Waals surface area contributed by atoms with Gasteiger partial charge in [-0.25, -0.2) is 0 Å². The van der Waals surface area contributed by atoms with Gasteiger partial charge in [-0.1, -0.05) is 19.8 Å². The predicted octanol–water partition coefficient (Wildman–Crippen LogP) is 3.59. The van der Waals surface area contributed by atoms with Crippen LogP contribution in [0, 0.1) is 0 Å². The quantitative estimate of drug-likeness (QED) is 0.518. The normalized spacial score (nSPS) is 14.9. The second kappa shape index (κ2) is 8.50. The summed E-state index contributed by atoms with van der Waals surface area (Å²) in [6, 6.07) is 0. The molecule has 0 N–H and O–H groups in total. The van der Waals surface area contributed by atoms with E-state index in [2.05, 4.69) is 13.8 Å². The Labute approximate surface area is 96.7 Å². The van der Waals surface area contributed by atoms with Gasteiger partial charge < -0.3 is 9.47 Å². The minimum absolute atomic E-state index is 0.0703. The van der Waals surface area contributed by atoms with Gasteiger partial charge in [0.1, 0.15) is 5.44 Å². The van der Waals surface area contributed by atoms with E-state index in [1.165, 1.54) is 24.6 Å². The average molecular weight is 236 g/mol. The smallest absolute Gasteiger partial charge is 0.222 e. The lowest BCUT2D eigenvalue weighted by atomic mass is 10.2. The molecule has 0 aliphatic heterocycles. The van der Waals surface area contributed by atoms with Gasteiger partial charge in [0, 0.05) is 7.11 Å². The summed E-state index contributed by atoms with van der Waals surface area (Å²) in [4.78, 5) is 0. The van der Waals surface area contributed by atoms with Crippen LogP contribution in [0.25, 0.3) is 0 Å². The van der Waals surface area contributed by atoms with Gasteiger partial charge in [-0.3, -0.25) is 0 Å². The fourth-order valence-electron chi connectivity index (χ4n) is 0.926. The fourth-order valence-corrected chi connectivity index (χ4v) is 2.08. The third-order valence-corrected chi connectivity index (χ3v) is 3.05. The van der Waals surface area contributed by atoms with Crippen molar-refractivity contribution in [3.05, 3.63) is 0 Å². The maximum atomic E-state index is 5.54. The lowest BCUT2D eigenvalue weighted by Crippen LogP contribution is -2.13. The third kappa shape index (κ3) is 7.59. The lowest BCUT2D eigenvalue weighted by Gasteiger charge is -2.16. The van der Waals surface area contributed by atoms with Crippen molar-refractivity contribution in [3.63, 3.8) is 0 Å². The van der Waals surface area contributed by atoms with Crippen molar-refractivity contribution in [2.75, 3.05) is 7.11 Å². The van der Waals surface area contributed by atoms with Gasteiger partial charge >= 0.3 is 0 Å². The van der Waals surface area contributed by atoms with Gasteiger partial charge in [-0.05, 0) is 44.2 Å². The number of hydrogen-bond donors (Lipinski definition) is 0. The molecule has 0 aliphatic carbocycles. The van der Waals surface area contributed by atoms with Crippen molar-refractivity contribution >= 4 is 28.4 Å². The van der Waals surface area contributed by atoms with E-state index in [9.17, 15) is 0 Å². The minimum Gasteiger partial charge on any atom is -0.476 e. The van der Waals surface area contributed by atoms with E-state index >= 15 is 0 Å². The number of ether oxygens (including phenoxy) is 2. The van der Waals surface area contributed by atoms with Crippen LogP contribution in [0.15, 0.2) is 0 Å². The first kappa shape index (κ1) is 14.2. The molecule has 0 radical (unpaired) electrons. The molecule has 14 heavy (non-hydrogen) atoms. The number of thioether (sulfide) groups is 1. The summed E-state index contributed by atoms with van der Waals surface area (Å²) in [7, 11) is 1.67. The molecule has 0 saturated heterocycles. The molecular formula is C10H20O2S2. The minimum atomic E-state index is 0.0703. The van der Waals surface area contributed by atoms with Gasteiger partial charge in [0.2, 0.25) is 4.38 Å². The standard InChI is InChI=1S/C10H20O2S2/c1-5-6-7-8(2)12-10(13)14-9(3)11-4/h8-9H,5-7H2,1-4H3. The van der Waals surface area contributed by atoms with Crippen LogP contribution in [0.5, 0.6) is 0 Å². The summed E-state index contributed by atoms with van der Waals surface area (Å²) < 4.78 is 11.2. The van der Waals surface area contributed by atoms with Crippen molar-refractivity contribution in [1.29, 1.82) is 0 Å². The molecule has 84 valence electrons. The van der Waals surface area contributed by atoms with Crippen molar-refractivity contribution in [2.45, 2.75) is 51.6 Å². The molecule has 0 bridgehead atoms. The monoisotopic (exact) mass is 236 g/mol. The summed E-state index contributed by atoms with van der Waals surface area (Å²) in [5, 5.41) is 0. The van der Waals surface area contributed by atoms with Crippen LogP contribution in [0.3, 0.4) is 0 Å². The summed E-state index contributed by atoms with van der Waals surface area (Å²) in [5.74, 6) is 0. The zero-order valence-corrected chi connectivity index (χ0v) is 11.0. The molecule has 0 spiro atoms. The van der Waals surface area contributed by atoms with E-state index in [0.29, 0.717) is 4.38 Å². The van der Waals surface area contributed by atoms with Crippen LogP contribution < -0.4 is 0 Å². The van der Waals surface area contributed by atoms with Gasteiger partial charge in [0.05, 0.1) is 6.10 Å². The number of methoxy groups -OCH3 is 1. The van der Waals surface area contributed by atoms with Crippen molar-refractivity contribution in [1.82, 2.24) is 0 Å². The number of rotatable bonds is 6. The van der Waals surface area contributed by atoms with Gasteiger partial charge in [-0.2, -0.15) is 0 Å². The second-order valence-corrected chi connectivity index (χ2v) is 5.14. The topological polar surface area (TPSA) is 18.5 Å². The van der Waals surface area contributed by atoms with Crippen LogP contribution in [0.4, 0.5) is 0 Å². The molecular weight excluding hydrogens is 216 g/mol. The van der Waals surface area contributed by atoms with Crippen molar-refractivity contribution < 1.29 is 9.47 Å². The zero-order chi connectivity index (χ0) is 11.0. The van der Waals surface area contributed by atoms with E-state index in [0.717, 1.165) is 6.42 Å². The Morgan fingerprint density at radius 1 is 1.43 bits per heavy atom. The maximum Gasteiger partial charge on any atom is 0.222 e. The molecule has 4 heteroatoms. The van der Waals surface area contributed by atoms with Crippen LogP contribution in [-0.2, 0) is 9.47 Å². The first-order valence-corrected chi connectivity index (χ1v) is 6.29. The van der Waals surface area contributed by atoms with Gasteiger partial charge in [0.15, 0.2) is 0 Å². The van der Waals surface area contributed by atoms with E-state index in [-0.39, 0.29) is 11.5 Å². The van der Waals surface area contributed by atoms with Crippen molar-refractivity contribution in [3.8, 4) is 0 Å². The highest BCUT2D eigenvalue weighted by molar-refractivity contribution is 8.22. The van der Waals surface area contributed by atoms with Crippen LogP contribution in [0.1, 0.15) is 40.0 Å². The molecule has 0 saturated carbocycles. The van der Waals surface area contributed by atoms with E-state index in [4.69, 9.17) is 21.7 Å². The molecule has 0 aliphatic rings. The summed E-state index contributed by atoms with van der Waals surface area (Å²) in [6.07, 6.45) is 3.67. The molecule has 2 nitrogen and oxygen atoms in total. The molecule has 0 aromatic carbocycles. The molecule has 0 aromatic heterocycles. The highest BCUT2D eigenvalue weighted by atomic mass is 32.2. The Hall–Kier alpha value is 0.200. The van der Waals surface area contributed by atoms with Crippen LogP contribution in [-0.4, -0.2) is 23.0 Å². The second-order valence-electron chi connectivity index (χ2n) is 3.24. The third-order valence-electron chi connectivity index (χ3n) is 1.86. The summed E-state index contributed by atoms with van der Waals surface area (Å²) >= 11 is 6.53. The van der Waals surface area contributed by atoms with E-state index in [1.54, 1.807) is 7.11 Å². The Balaban J connectivity index is 3.60. The summed E-state index contributed by atoms with van der Waals surface area (Å²) in [5.41, 5.74) is 0.0703. The van der Waals surface area contributed by atoms with Gasteiger partial charge in [-0.15, -0.1) is 0 Å². The molecule has 2 atom stereocenters. The first-order chi connectivity index (χ1) is 6.60. The molecule has 0 heterocycles. The predicted molar refractivity (Wildman–Crippen MR) is 66.7 cm³/mol. The van der Waals surface area contributed by atoms with Gasteiger partial charge in [0.25, 0.3) is 0 Å². The fraction of sp³-hybridized carbons (Fsp3) is 0.900. The van der Waals surface area contributed by atoms with Crippen molar-refractivity contribution in [2.24, 2.45) is 0 Å². The van der Waals surface area contributed by atoms with Crippen LogP contribution in [0.2, 0.25) is 0 Å². The van der Waals surface area contributed by atoms with E-state index in [1.807, 2.05) is 6.92 Å². The Morgan fingerprint density at radius 2 is 2.07 bits per heavy atom. The lowest BCUT2D eigenvalue weighted by molar-refractivity contribution is 0.185.